The molecule has 0 bridgehead atoms. The van der Waals surface area contributed by atoms with Gasteiger partial charge in [0.25, 0.3) is 0 Å². The van der Waals surface area contributed by atoms with E-state index in [0.29, 0.717) is 15.9 Å². The monoisotopic (exact) mass is 386 g/mol. The maximum atomic E-state index is 12.0. The Labute approximate surface area is 162 Å². The van der Waals surface area contributed by atoms with Gasteiger partial charge in [-0.2, -0.15) is 0 Å². The Morgan fingerprint density at radius 3 is 2.35 bits per heavy atom. The van der Waals surface area contributed by atoms with Crippen LogP contribution in [0.4, 0.5) is 0 Å². The molecule has 0 saturated carbocycles. The number of benzene rings is 2. The van der Waals surface area contributed by atoms with E-state index in [0.717, 1.165) is 17.1 Å². The summed E-state index contributed by atoms with van der Waals surface area (Å²) in [4.78, 5) is 13.5. The lowest BCUT2D eigenvalue weighted by molar-refractivity contribution is -0.125. The molecule has 134 valence electrons. The van der Waals surface area contributed by atoms with Gasteiger partial charge in [0.15, 0.2) is 11.0 Å². The van der Waals surface area contributed by atoms with Gasteiger partial charge in [-0.1, -0.05) is 53.2 Å². The first kappa shape index (κ1) is 18.5. The Balaban J connectivity index is 2.03. The van der Waals surface area contributed by atoms with Crippen LogP contribution >= 0.6 is 23.4 Å². The van der Waals surface area contributed by atoms with Crippen LogP contribution in [0.1, 0.15) is 5.56 Å². The lowest BCUT2D eigenvalue weighted by Gasteiger charge is -2.12. The first-order valence-corrected chi connectivity index (χ1v) is 9.43. The third kappa shape index (κ3) is 4.08. The van der Waals surface area contributed by atoms with Crippen molar-refractivity contribution >= 4 is 29.3 Å². The maximum absolute atomic E-state index is 12.0. The molecule has 0 unspecified atom stereocenters. The van der Waals surface area contributed by atoms with Gasteiger partial charge in [0, 0.05) is 30.4 Å². The molecule has 26 heavy (non-hydrogen) atoms. The molecule has 0 aliphatic rings. The lowest BCUT2D eigenvalue weighted by Crippen LogP contribution is -2.23. The van der Waals surface area contributed by atoms with E-state index in [9.17, 15) is 4.79 Å². The number of aryl methyl sites for hydroxylation is 1. The molecule has 2 aromatic carbocycles. The van der Waals surface area contributed by atoms with E-state index in [1.54, 1.807) is 19.0 Å². The Morgan fingerprint density at radius 2 is 1.73 bits per heavy atom. The first-order chi connectivity index (χ1) is 12.5. The van der Waals surface area contributed by atoms with Gasteiger partial charge >= 0.3 is 0 Å². The molecule has 0 saturated heterocycles. The van der Waals surface area contributed by atoms with Gasteiger partial charge in [-0.3, -0.25) is 9.36 Å². The summed E-state index contributed by atoms with van der Waals surface area (Å²) in [7, 11) is 3.48. The largest absolute Gasteiger partial charge is 0.348 e. The summed E-state index contributed by atoms with van der Waals surface area (Å²) in [6, 6.07) is 15.6. The van der Waals surface area contributed by atoms with E-state index in [2.05, 4.69) is 10.2 Å². The van der Waals surface area contributed by atoms with Crippen LogP contribution in [0.2, 0.25) is 5.02 Å². The van der Waals surface area contributed by atoms with Crippen LogP contribution in [0.25, 0.3) is 17.1 Å². The minimum absolute atomic E-state index is 0.0255. The number of nitrogens with zero attached hydrogens (tertiary/aromatic N) is 4. The summed E-state index contributed by atoms with van der Waals surface area (Å²) in [6.45, 7) is 2.04. The summed E-state index contributed by atoms with van der Waals surface area (Å²) in [6.07, 6.45) is 0. The van der Waals surface area contributed by atoms with Crippen LogP contribution in [0, 0.1) is 6.92 Å². The fraction of sp³-hybridized carbons (Fsp3) is 0.211. The second-order valence-corrected chi connectivity index (χ2v) is 7.44. The molecule has 0 N–H and O–H groups in total. The molecule has 5 nitrogen and oxygen atoms in total. The van der Waals surface area contributed by atoms with E-state index in [4.69, 9.17) is 11.6 Å². The minimum atomic E-state index is 0.0255. The molecular formula is C19H19ClN4OS. The summed E-state index contributed by atoms with van der Waals surface area (Å²) >= 11 is 7.40. The van der Waals surface area contributed by atoms with Crippen LogP contribution in [0.15, 0.2) is 53.7 Å². The highest BCUT2D eigenvalue weighted by Gasteiger charge is 2.17. The van der Waals surface area contributed by atoms with E-state index in [1.807, 2.05) is 60.0 Å². The Bertz CT molecular complexity index is 904. The Hall–Kier alpha value is -2.31. The number of aromatic nitrogens is 3. The van der Waals surface area contributed by atoms with Crippen molar-refractivity contribution in [3.8, 4) is 17.1 Å². The van der Waals surface area contributed by atoms with E-state index >= 15 is 0 Å². The first-order valence-electron chi connectivity index (χ1n) is 8.07. The standard InChI is InChI=1S/C19H19ClN4OS/c1-13-4-6-14(7-5-13)18-21-22-19(26-12-17(25)23(2)3)24(18)16-10-8-15(20)9-11-16/h4-11H,12H2,1-3H3. The highest BCUT2D eigenvalue weighted by atomic mass is 35.5. The van der Waals surface area contributed by atoms with Crippen molar-refractivity contribution < 1.29 is 4.79 Å². The van der Waals surface area contributed by atoms with E-state index in [1.165, 1.54) is 17.3 Å². The van der Waals surface area contributed by atoms with Gasteiger partial charge in [-0.05, 0) is 31.2 Å². The van der Waals surface area contributed by atoms with E-state index < -0.39 is 0 Å². The van der Waals surface area contributed by atoms with Gasteiger partial charge in [-0.25, -0.2) is 0 Å². The summed E-state index contributed by atoms with van der Waals surface area (Å²) in [5, 5.41) is 10.0. The van der Waals surface area contributed by atoms with Crippen LogP contribution in [-0.4, -0.2) is 45.4 Å². The summed E-state index contributed by atoms with van der Waals surface area (Å²) in [5.41, 5.74) is 3.04. The zero-order valence-electron chi connectivity index (χ0n) is 14.8. The number of halogens is 1. The second kappa shape index (κ2) is 7.93. The van der Waals surface area contributed by atoms with Crippen molar-refractivity contribution in [1.82, 2.24) is 19.7 Å². The second-order valence-electron chi connectivity index (χ2n) is 6.06. The van der Waals surface area contributed by atoms with Crippen molar-refractivity contribution in [1.29, 1.82) is 0 Å². The van der Waals surface area contributed by atoms with Crippen LogP contribution in [0.3, 0.4) is 0 Å². The van der Waals surface area contributed by atoms with Crippen molar-refractivity contribution in [3.63, 3.8) is 0 Å². The highest BCUT2D eigenvalue weighted by Crippen LogP contribution is 2.28. The smallest absolute Gasteiger partial charge is 0.232 e. The SMILES string of the molecule is Cc1ccc(-c2nnc(SCC(=O)N(C)C)n2-c2ccc(Cl)cc2)cc1. The topological polar surface area (TPSA) is 51.0 Å². The number of hydrogen-bond donors (Lipinski definition) is 0. The van der Waals surface area contributed by atoms with Crippen LogP contribution in [0.5, 0.6) is 0 Å². The molecule has 7 heteroatoms. The molecular weight excluding hydrogens is 368 g/mol. The average Bonchev–Trinajstić information content (AvgIpc) is 3.04. The molecule has 1 amide bonds. The molecule has 0 aliphatic carbocycles. The van der Waals surface area contributed by atoms with Gasteiger partial charge in [0.1, 0.15) is 0 Å². The molecule has 0 fully saturated rings. The van der Waals surface area contributed by atoms with Gasteiger partial charge < -0.3 is 4.90 Å². The molecule has 0 atom stereocenters. The Kier molecular flexibility index (Phi) is 5.64. The number of carbonyl (C=O) groups is 1. The highest BCUT2D eigenvalue weighted by molar-refractivity contribution is 7.99. The predicted octanol–water partition coefficient (Wildman–Crippen LogP) is 4.08. The maximum Gasteiger partial charge on any atom is 0.232 e. The molecule has 3 aromatic rings. The minimum Gasteiger partial charge on any atom is -0.348 e. The molecule has 3 rings (SSSR count). The van der Waals surface area contributed by atoms with Gasteiger partial charge in [-0.15, -0.1) is 10.2 Å². The third-order valence-corrected chi connectivity index (χ3v) is 5.02. The lowest BCUT2D eigenvalue weighted by atomic mass is 10.1. The van der Waals surface area contributed by atoms with Crippen molar-refractivity contribution in [2.24, 2.45) is 0 Å². The number of thioether (sulfide) groups is 1. The Morgan fingerprint density at radius 1 is 1.08 bits per heavy atom. The number of amides is 1. The number of hydrogen-bond acceptors (Lipinski definition) is 4. The third-order valence-electron chi connectivity index (χ3n) is 3.85. The molecule has 1 aromatic heterocycles. The quantitative estimate of drug-likeness (QED) is 0.620. The normalized spacial score (nSPS) is 10.8. The molecule has 0 radical (unpaired) electrons. The zero-order chi connectivity index (χ0) is 18.7. The van der Waals surface area contributed by atoms with Crippen molar-refractivity contribution in [3.05, 3.63) is 59.1 Å². The zero-order valence-corrected chi connectivity index (χ0v) is 16.4. The van der Waals surface area contributed by atoms with Crippen LogP contribution in [-0.2, 0) is 4.79 Å². The summed E-state index contributed by atoms with van der Waals surface area (Å²) < 4.78 is 1.95. The summed E-state index contributed by atoms with van der Waals surface area (Å²) in [5.74, 6) is 1.05. The van der Waals surface area contributed by atoms with Crippen molar-refractivity contribution in [2.75, 3.05) is 19.8 Å². The molecule has 0 aliphatic heterocycles. The van der Waals surface area contributed by atoms with Crippen LogP contribution < -0.4 is 0 Å². The molecule has 1 heterocycles. The van der Waals surface area contributed by atoms with Crippen molar-refractivity contribution in [2.45, 2.75) is 12.1 Å². The fourth-order valence-electron chi connectivity index (χ4n) is 2.33. The average molecular weight is 387 g/mol. The number of rotatable bonds is 5. The van der Waals surface area contributed by atoms with Gasteiger partial charge in [0.2, 0.25) is 5.91 Å². The predicted molar refractivity (Wildman–Crippen MR) is 106 cm³/mol. The van der Waals surface area contributed by atoms with E-state index in [-0.39, 0.29) is 5.91 Å². The fourth-order valence-corrected chi connectivity index (χ4v) is 3.39. The van der Waals surface area contributed by atoms with Gasteiger partial charge in [0.05, 0.1) is 5.75 Å². The molecule has 0 spiro atoms. The number of carbonyl (C=O) groups excluding carboxylic acids is 1.